The van der Waals surface area contributed by atoms with E-state index in [-0.39, 0.29) is 23.3 Å². The number of rotatable bonds is 4. The van der Waals surface area contributed by atoms with Gasteiger partial charge < -0.3 is 9.47 Å². The average molecular weight is 346 g/mol. The first-order valence-corrected chi connectivity index (χ1v) is 6.30. The first-order chi connectivity index (χ1) is 8.38. The molecule has 0 radical (unpaired) electrons. The summed E-state index contributed by atoms with van der Waals surface area (Å²) >= 11 is 8.79. The van der Waals surface area contributed by atoms with E-state index in [1.165, 1.54) is 18.2 Å². The summed E-state index contributed by atoms with van der Waals surface area (Å²) in [6.07, 6.45) is -6.73. The van der Waals surface area contributed by atoms with E-state index in [1.807, 2.05) is 0 Å². The Hall–Kier alpha value is -0.300. The number of hydrogen-bond acceptors (Lipinski definition) is 2. The van der Waals surface area contributed by atoms with Gasteiger partial charge in [-0.3, -0.25) is 0 Å². The second-order valence-corrected chi connectivity index (χ2v) is 5.17. The van der Waals surface area contributed by atoms with Gasteiger partial charge in [0, 0.05) is 15.1 Å². The van der Waals surface area contributed by atoms with Crippen molar-refractivity contribution in [2.45, 2.75) is 18.4 Å². The first kappa shape index (κ1) is 14.1. The van der Waals surface area contributed by atoms with E-state index in [1.54, 1.807) is 0 Å². The Labute approximate surface area is 115 Å². The lowest BCUT2D eigenvalue weighted by Gasteiger charge is -2.22. The lowest BCUT2D eigenvalue weighted by molar-refractivity contribution is -0.224. The Morgan fingerprint density at radius 3 is 2.72 bits per heavy atom. The third-order valence-corrected chi connectivity index (χ3v) is 3.35. The van der Waals surface area contributed by atoms with Crippen molar-refractivity contribution >= 4 is 27.5 Å². The Balaban J connectivity index is 2.23. The molecular formula is C11H9BrClF3O2. The number of halogens is 5. The predicted octanol–water partition coefficient (Wildman–Crippen LogP) is 4.12. The van der Waals surface area contributed by atoms with Crippen molar-refractivity contribution in [3.05, 3.63) is 33.3 Å². The molecule has 0 spiro atoms. The minimum absolute atomic E-state index is 0.0318. The summed E-state index contributed by atoms with van der Waals surface area (Å²) in [5, 5.41) is 0.230. The summed E-state index contributed by atoms with van der Waals surface area (Å²) in [7, 11) is 0. The monoisotopic (exact) mass is 344 g/mol. The van der Waals surface area contributed by atoms with Gasteiger partial charge in [0.25, 0.3) is 0 Å². The van der Waals surface area contributed by atoms with Crippen molar-refractivity contribution in [3.8, 4) is 0 Å². The minimum Gasteiger partial charge on any atom is -0.371 e. The maximum Gasteiger partial charge on any atom is 0.418 e. The molecule has 7 heteroatoms. The molecule has 2 atom stereocenters. The molecule has 1 saturated heterocycles. The molecule has 1 heterocycles. The lowest BCUT2D eigenvalue weighted by Crippen LogP contribution is -2.25. The molecule has 1 aliphatic heterocycles. The number of benzene rings is 1. The largest absolute Gasteiger partial charge is 0.418 e. The topological polar surface area (TPSA) is 21.8 Å². The Morgan fingerprint density at radius 2 is 2.17 bits per heavy atom. The van der Waals surface area contributed by atoms with Gasteiger partial charge in [-0.1, -0.05) is 27.5 Å². The highest BCUT2D eigenvalue weighted by atomic mass is 79.9. The van der Waals surface area contributed by atoms with Gasteiger partial charge in [0.1, 0.15) is 6.10 Å². The van der Waals surface area contributed by atoms with Gasteiger partial charge in [-0.05, 0) is 18.2 Å². The smallest absolute Gasteiger partial charge is 0.371 e. The van der Waals surface area contributed by atoms with Gasteiger partial charge in [-0.2, -0.15) is 13.2 Å². The average Bonchev–Trinajstić information content (AvgIpc) is 3.05. The van der Waals surface area contributed by atoms with Gasteiger partial charge in [-0.25, -0.2) is 0 Å². The quantitative estimate of drug-likeness (QED) is 0.766. The van der Waals surface area contributed by atoms with Crippen molar-refractivity contribution in [1.82, 2.24) is 0 Å². The minimum atomic E-state index is -4.50. The molecule has 18 heavy (non-hydrogen) atoms. The molecular weight excluding hydrogens is 336 g/mol. The molecule has 0 aromatic heterocycles. The molecule has 0 unspecified atom stereocenters. The molecule has 0 bridgehead atoms. The summed E-state index contributed by atoms with van der Waals surface area (Å²) in [6, 6.07) is 4.22. The maximum absolute atomic E-state index is 13.0. The molecule has 0 amide bonds. The summed E-state index contributed by atoms with van der Waals surface area (Å²) in [6.45, 7) is 0.365. The standard InChI is InChI=1S/C11H9BrClF3O2/c12-9-2-1-6(13)3-8(9)10(11(14,15)16)18-5-7-4-17-7/h1-3,7,10H,4-5H2/t7-,10-/m0/s1. The molecule has 2 nitrogen and oxygen atoms in total. The fourth-order valence-electron chi connectivity index (χ4n) is 1.44. The molecule has 0 aliphatic carbocycles. The van der Waals surface area contributed by atoms with E-state index in [2.05, 4.69) is 15.9 Å². The number of ether oxygens (including phenoxy) is 2. The van der Waals surface area contributed by atoms with Crippen molar-refractivity contribution < 1.29 is 22.6 Å². The summed E-state index contributed by atoms with van der Waals surface area (Å²) in [5.74, 6) is 0. The summed E-state index contributed by atoms with van der Waals surface area (Å²) in [4.78, 5) is 0. The zero-order valence-electron chi connectivity index (χ0n) is 9.01. The van der Waals surface area contributed by atoms with E-state index in [0.717, 1.165) is 0 Å². The van der Waals surface area contributed by atoms with Crippen LogP contribution < -0.4 is 0 Å². The fraction of sp³-hybridized carbons (Fsp3) is 0.455. The third kappa shape index (κ3) is 3.60. The highest BCUT2D eigenvalue weighted by Crippen LogP contribution is 2.40. The van der Waals surface area contributed by atoms with E-state index in [4.69, 9.17) is 21.1 Å². The number of hydrogen-bond donors (Lipinski definition) is 0. The highest BCUT2D eigenvalue weighted by Gasteiger charge is 2.44. The molecule has 1 aromatic rings. The molecule has 2 rings (SSSR count). The van der Waals surface area contributed by atoms with Crippen LogP contribution in [0.5, 0.6) is 0 Å². The zero-order chi connectivity index (χ0) is 13.3. The Kier molecular flexibility index (Phi) is 4.21. The van der Waals surface area contributed by atoms with Gasteiger partial charge >= 0.3 is 6.18 Å². The fourth-order valence-corrected chi connectivity index (χ4v) is 2.08. The SMILES string of the molecule is FC(F)(F)[C@@H](OC[C@@H]1CO1)c1cc(Cl)ccc1Br. The first-order valence-electron chi connectivity index (χ1n) is 5.13. The van der Waals surface area contributed by atoms with Crippen LogP contribution in [0, 0.1) is 0 Å². The number of epoxide rings is 1. The van der Waals surface area contributed by atoms with Gasteiger partial charge in [0.2, 0.25) is 0 Å². The normalized spacial score (nSPS) is 20.8. The van der Waals surface area contributed by atoms with Crippen LogP contribution in [0.4, 0.5) is 13.2 Å². The van der Waals surface area contributed by atoms with Crippen molar-refractivity contribution in [2.24, 2.45) is 0 Å². The molecule has 1 aromatic carbocycles. The number of alkyl halides is 3. The van der Waals surface area contributed by atoms with Crippen molar-refractivity contribution in [3.63, 3.8) is 0 Å². The third-order valence-electron chi connectivity index (χ3n) is 2.39. The van der Waals surface area contributed by atoms with Crippen LogP contribution in [-0.2, 0) is 9.47 Å². The van der Waals surface area contributed by atoms with Crippen LogP contribution in [0.3, 0.4) is 0 Å². The molecule has 0 N–H and O–H groups in total. The van der Waals surface area contributed by atoms with Crippen molar-refractivity contribution in [2.75, 3.05) is 13.2 Å². The van der Waals surface area contributed by atoms with Gasteiger partial charge in [-0.15, -0.1) is 0 Å². The molecule has 1 fully saturated rings. The molecule has 100 valence electrons. The summed E-state index contributed by atoms with van der Waals surface area (Å²) < 4.78 is 48.9. The van der Waals surface area contributed by atoms with Crippen LogP contribution in [0.25, 0.3) is 0 Å². The predicted molar refractivity (Wildman–Crippen MR) is 63.6 cm³/mol. The maximum atomic E-state index is 13.0. The van der Waals surface area contributed by atoms with E-state index < -0.39 is 12.3 Å². The van der Waals surface area contributed by atoms with Crippen molar-refractivity contribution in [1.29, 1.82) is 0 Å². The van der Waals surface area contributed by atoms with Gasteiger partial charge in [0.15, 0.2) is 6.10 Å². The second kappa shape index (κ2) is 5.36. The zero-order valence-corrected chi connectivity index (χ0v) is 11.3. The van der Waals surface area contributed by atoms with Crippen LogP contribution in [0.2, 0.25) is 5.02 Å². The summed E-state index contributed by atoms with van der Waals surface area (Å²) in [5.41, 5.74) is -0.0318. The van der Waals surface area contributed by atoms with Crippen LogP contribution in [0.15, 0.2) is 22.7 Å². The van der Waals surface area contributed by atoms with E-state index >= 15 is 0 Å². The molecule has 1 aliphatic rings. The lowest BCUT2D eigenvalue weighted by atomic mass is 10.1. The van der Waals surface area contributed by atoms with E-state index in [9.17, 15) is 13.2 Å². The Bertz CT molecular complexity index is 435. The van der Waals surface area contributed by atoms with Gasteiger partial charge in [0.05, 0.1) is 13.2 Å². The van der Waals surface area contributed by atoms with Crippen LogP contribution >= 0.6 is 27.5 Å². The second-order valence-electron chi connectivity index (χ2n) is 3.88. The highest BCUT2D eigenvalue weighted by molar-refractivity contribution is 9.10. The Morgan fingerprint density at radius 1 is 1.50 bits per heavy atom. The van der Waals surface area contributed by atoms with Crippen LogP contribution in [-0.4, -0.2) is 25.5 Å². The van der Waals surface area contributed by atoms with Crippen LogP contribution in [0.1, 0.15) is 11.7 Å². The van der Waals surface area contributed by atoms with E-state index in [0.29, 0.717) is 11.1 Å². The molecule has 0 saturated carbocycles.